The summed E-state index contributed by atoms with van der Waals surface area (Å²) >= 11 is 1.64. The van der Waals surface area contributed by atoms with Crippen molar-refractivity contribution in [2.75, 3.05) is 12.4 Å². The van der Waals surface area contributed by atoms with E-state index in [1.54, 1.807) is 11.8 Å². The first kappa shape index (κ1) is 26.5. The van der Waals surface area contributed by atoms with Crippen molar-refractivity contribution in [2.24, 2.45) is 5.92 Å². The Bertz CT molecular complexity index is 772. The highest BCUT2D eigenvalue weighted by molar-refractivity contribution is 7.99. The summed E-state index contributed by atoms with van der Waals surface area (Å²) in [6.07, 6.45) is -0.748. The quantitative estimate of drug-likeness (QED) is 0.186. The molecule has 0 amide bonds. The molecule has 1 aliphatic carbocycles. The van der Waals surface area contributed by atoms with Crippen LogP contribution in [0.25, 0.3) is 0 Å². The minimum absolute atomic E-state index is 0.0451. The SMILES string of the molecule is C=CC1CCC(c2ccc(C(F)(F)OC3CCC(SCCCC)OC3)c(C(F)F)c2F)CC1. The minimum atomic E-state index is -4.04. The van der Waals surface area contributed by atoms with Crippen molar-refractivity contribution in [2.45, 2.75) is 88.3 Å². The van der Waals surface area contributed by atoms with Gasteiger partial charge in [-0.1, -0.05) is 25.5 Å². The van der Waals surface area contributed by atoms with Gasteiger partial charge in [-0.05, 0) is 74.2 Å². The summed E-state index contributed by atoms with van der Waals surface area (Å²) < 4.78 is 83.2. The number of benzene rings is 1. The smallest absolute Gasteiger partial charge is 0.365 e. The van der Waals surface area contributed by atoms with Crippen LogP contribution in [-0.2, 0) is 15.6 Å². The Morgan fingerprint density at radius 3 is 2.48 bits per heavy atom. The molecule has 1 saturated carbocycles. The molecule has 0 bridgehead atoms. The molecule has 33 heavy (non-hydrogen) atoms. The summed E-state index contributed by atoms with van der Waals surface area (Å²) in [5, 5.41) is 0. The van der Waals surface area contributed by atoms with Gasteiger partial charge in [-0.15, -0.1) is 18.3 Å². The van der Waals surface area contributed by atoms with E-state index in [1.807, 2.05) is 6.08 Å². The Kier molecular flexibility index (Phi) is 9.65. The Labute approximate surface area is 197 Å². The van der Waals surface area contributed by atoms with E-state index in [2.05, 4.69) is 13.5 Å². The van der Waals surface area contributed by atoms with Crippen LogP contribution in [0.5, 0.6) is 0 Å². The van der Waals surface area contributed by atoms with Crippen LogP contribution >= 0.6 is 11.8 Å². The summed E-state index contributed by atoms with van der Waals surface area (Å²) in [4.78, 5) is 0. The van der Waals surface area contributed by atoms with Gasteiger partial charge >= 0.3 is 6.11 Å². The summed E-state index contributed by atoms with van der Waals surface area (Å²) in [6, 6.07) is 2.14. The molecule has 1 aromatic carbocycles. The molecular formula is C25H33F5O2S. The molecule has 2 atom stereocenters. The van der Waals surface area contributed by atoms with Crippen LogP contribution in [0.15, 0.2) is 24.8 Å². The first-order valence-corrected chi connectivity index (χ1v) is 12.8. The molecule has 1 heterocycles. The van der Waals surface area contributed by atoms with Crippen molar-refractivity contribution >= 4 is 11.8 Å². The van der Waals surface area contributed by atoms with Gasteiger partial charge in [0.2, 0.25) is 0 Å². The molecule has 2 aliphatic rings. The zero-order valence-electron chi connectivity index (χ0n) is 19.0. The molecule has 1 saturated heterocycles. The van der Waals surface area contributed by atoms with E-state index in [0.717, 1.165) is 37.5 Å². The van der Waals surface area contributed by atoms with Crippen LogP contribution < -0.4 is 0 Å². The molecule has 0 N–H and O–H groups in total. The van der Waals surface area contributed by atoms with Crippen LogP contribution in [-0.4, -0.2) is 23.9 Å². The summed E-state index contributed by atoms with van der Waals surface area (Å²) in [5.74, 6) is -0.254. The Morgan fingerprint density at radius 1 is 1.18 bits per heavy atom. The van der Waals surface area contributed by atoms with Gasteiger partial charge in [-0.2, -0.15) is 8.78 Å². The maximum Gasteiger partial charge on any atom is 0.384 e. The standard InChI is InChI=1S/C25H33F5O2S/c1-3-5-14-33-21-13-10-18(15-31-21)32-25(29,30)20-12-11-19(23(26)22(20)24(27)28)17-8-6-16(4-2)7-9-17/h4,11-12,16-18,21,24H,2-3,5-10,13-15H2,1H3. The Hall–Kier alpha value is -1.12. The Balaban J connectivity index is 1.71. The molecule has 0 radical (unpaired) electrons. The fourth-order valence-electron chi connectivity index (χ4n) is 4.62. The lowest BCUT2D eigenvalue weighted by Crippen LogP contribution is -2.35. The molecular weight excluding hydrogens is 459 g/mol. The number of unbranched alkanes of at least 4 members (excludes halogenated alkanes) is 1. The molecule has 3 rings (SSSR count). The van der Waals surface area contributed by atoms with Crippen molar-refractivity contribution < 1.29 is 31.4 Å². The van der Waals surface area contributed by atoms with Gasteiger partial charge < -0.3 is 9.47 Å². The molecule has 0 aromatic heterocycles. The lowest BCUT2D eigenvalue weighted by Gasteiger charge is -2.32. The lowest BCUT2D eigenvalue weighted by atomic mass is 9.78. The summed E-state index contributed by atoms with van der Waals surface area (Å²) in [6.45, 7) is 5.81. The topological polar surface area (TPSA) is 18.5 Å². The average Bonchev–Trinajstić information content (AvgIpc) is 2.80. The second-order valence-corrected chi connectivity index (χ2v) is 10.2. The third-order valence-electron chi connectivity index (χ3n) is 6.60. The number of rotatable bonds is 10. The van der Waals surface area contributed by atoms with Crippen molar-refractivity contribution in [1.82, 2.24) is 0 Å². The molecule has 2 nitrogen and oxygen atoms in total. The van der Waals surface area contributed by atoms with E-state index in [1.165, 1.54) is 6.07 Å². The van der Waals surface area contributed by atoms with E-state index >= 15 is 4.39 Å². The monoisotopic (exact) mass is 492 g/mol. The first-order valence-electron chi connectivity index (χ1n) is 11.8. The molecule has 1 aromatic rings. The molecule has 1 aliphatic heterocycles. The summed E-state index contributed by atoms with van der Waals surface area (Å²) in [5.41, 5.74) is -2.35. The highest BCUT2D eigenvalue weighted by Gasteiger charge is 2.43. The molecule has 2 fully saturated rings. The van der Waals surface area contributed by atoms with Gasteiger partial charge in [0.15, 0.2) is 0 Å². The maximum absolute atomic E-state index is 15.1. The second kappa shape index (κ2) is 12.0. The van der Waals surface area contributed by atoms with Crippen molar-refractivity contribution in [3.05, 3.63) is 47.3 Å². The molecule has 2 unspecified atom stereocenters. The fraction of sp³-hybridized carbons (Fsp3) is 0.680. The predicted octanol–water partition coefficient (Wildman–Crippen LogP) is 8.33. The highest BCUT2D eigenvalue weighted by atomic mass is 32.2. The van der Waals surface area contributed by atoms with Crippen LogP contribution in [0.1, 0.15) is 87.3 Å². The van der Waals surface area contributed by atoms with Crippen molar-refractivity contribution in [3.63, 3.8) is 0 Å². The van der Waals surface area contributed by atoms with E-state index in [9.17, 15) is 17.6 Å². The van der Waals surface area contributed by atoms with E-state index in [-0.39, 0.29) is 23.5 Å². The van der Waals surface area contributed by atoms with Gasteiger partial charge in [-0.25, -0.2) is 13.2 Å². The van der Waals surface area contributed by atoms with Crippen LogP contribution in [0.2, 0.25) is 0 Å². The number of alkyl halides is 4. The lowest BCUT2D eigenvalue weighted by molar-refractivity contribution is -0.287. The van der Waals surface area contributed by atoms with Crippen LogP contribution in [0.3, 0.4) is 0 Å². The normalized spacial score (nSPS) is 26.5. The highest BCUT2D eigenvalue weighted by Crippen LogP contribution is 2.44. The summed E-state index contributed by atoms with van der Waals surface area (Å²) in [7, 11) is 0. The predicted molar refractivity (Wildman–Crippen MR) is 121 cm³/mol. The number of halogens is 5. The van der Waals surface area contributed by atoms with E-state index in [4.69, 9.17) is 9.47 Å². The number of allylic oxidation sites excluding steroid dienone is 1. The van der Waals surface area contributed by atoms with Crippen LogP contribution in [0, 0.1) is 11.7 Å². The largest absolute Gasteiger partial charge is 0.384 e. The number of hydrogen-bond donors (Lipinski definition) is 0. The molecule has 8 heteroatoms. The third-order valence-corrected chi connectivity index (χ3v) is 7.86. The minimum Gasteiger partial charge on any atom is -0.365 e. The zero-order chi connectivity index (χ0) is 24.0. The zero-order valence-corrected chi connectivity index (χ0v) is 19.8. The van der Waals surface area contributed by atoms with E-state index < -0.39 is 35.6 Å². The van der Waals surface area contributed by atoms with Gasteiger partial charge in [0.05, 0.1) is 23.8 Å². The molecule has 0 spiro atoms. The van der Waals surface area contributed by atoms with Gasteiger partial charge in [0.25, 0.3) is 6.43 Å². The van der Waals surface area contributed by atoms with E-state index in [0.29, 0.717) is 31.6 Å². The van der Waals surface area contributed by atoms with Crippen molar-refractivity contribution in [3.8, 4) is 0 Å². The van der Waals surface area contributed by atoms with Crippen LogP contribution in [0.4, 0.5) is 22.0 Å². The average molecular weight is 493 g/mol. The number of ether oxygens (including phenoxy) is 2. The van der Waals surface area contributed by atoms with Crippen molar-refractivity contribution in [1.29, 1.82) is 0 Å². The second-order valence-electron chi connectivity index (χ2n) is 8.90. The van der Waals surface area contributed by atoms with Gasteiger partial charge in [-0.3, -0.25) is 0 Å². The third kappa shape index (κ3) is 6.73. The van der Waals surface area contributed by atoms with Gasteiger partial charge in [0, 0.05) is 0 Å². The maximum atomic E-state index is 15.1. The first-order chi connectivity index (χ1) is 15.8. The van der Waals surface area contributed by atoms with Gasteiger partial charge in [0.1, 0.15) is 11.3 Å². The fourth-order valence-corrected chi connectivity index (χ4v) is 5.81. The number of thioether (sulfide) groups is 1. The number of hydrogen-bond acceptors (Lipinski definition) is 3. The molecule has 186 valence electrons. The Morgan fingerprint density at radius 2 is 1.91 bits per heavy atom.